The second-order valence-electron chi connectivity index (χ2n) is 7.64. The van der Waals surface area contributed by atoms with Crippen molar-refractivity contribution in [3.05, 3.63) is 41.1 Å². The van der Waals surface area contributed by atoms with E-state index >= 15 is 0 Å². The number of fused-ring (bicyclic) bond motifs is 1. The molecule has 0 aliphatic carbocycles. The van der Waals surface area contributed by atoms with Crippen LogP contribution in [0.5, 0.6) is 0 Å². The summed E-state index contributed by atoms with van der Waals surface area (Å²) in [7, 11) is 0. The molecule has 0 unspecified atom stereocenters. The Balaban J connectivity index is 1.19. The molecule has 0 aromatic carbocycles. The number of anilines is 2. The Hall–Kier alpha value is -3.41. The van der Waals surface area contributed by atoms with Gasteiger partial charge < -0.3 is 14.5 Å². The third-order valence-corrected chi connectivity index (χ3v) is 5.63. The fraction of sp³-hybridized carbons (Fsp3) is 0.450. The van der Waals surface area contributed by atoms with Crippen LogP contribution in [0.2, 0.25) is 0 Å². The van der Waals surface area contributed by atoms with Crippen LogP contribution in [-0.4, -0.2) is 58.2 Å². The van der Waals surface area contributed by atoms with Crippen LogP contribution in [-0.2, 0) is 17.8 Å². The number of pyridine rings is 1. The molecule has 0 atom stereocenters. The first-order chi connectivity index (χ1) is 14.1. The van der Waals surface area contributed by atoms with Crippen molar-refractivity contribution >= 4 is 17.6 Å². The average molecular weight is 391 g/mol. The molecule has 0 saturated carbocycles. The van der Waals surface area contributed by atoms with Crippen LogP contribution in [0.4, 0.5) is 16.3 Å². The predicted octanol–water partition coefficient (Wildman–Crippen LogP) is 1.60. The van der Waals surface area contributed by atoms with E-state index in [2.05, 4.69) is 24.8 Å². The molecule has 29 heavy (non-hydrogen) atoms. The number of carbonyl (C=O) groups excluding carboxylic acids is 1. The standard InChI is InChI=1S/C20H21N7O2/c1-13-23-18-12-27(11-17(18)19(24-13)25-5-2-6-25)20(28)29-16-9-26(10-16)15-4-3-14(7-21)22-8-15/h3-4,8,16H,2,5-6,9-12H2,1H3. The minimum absolute atomic E-state index is 0.149. The van der Waals surface area contributed by atoms with Crippen LogP contribution >= 0.6 is 0 Å². The molecule has 2 aromatic heterocycles. The molecule has 5 heterocycles. The lowest BCUT2D eigenvalue weighted by atomic mass is 10.1. The summed E-state index contributed by atoms with van der Waals surface area (Å²) < 4.78 is 5.68. The first kappa shape index (κ1) is 17.7. The van der Waals surface area contributed by atoms with Crippen molar-refractivity contribution in [1.29, 1.82) is 5.26 Å². The topological polar surface area (TPSA) is 98.5 Å². The van der Waals surface area contributed by atoms with E-state index in [0.29, 0.717) is 31.9 Å². The number of aromatic nitrogens is 3. The smallest absolute Gasteiger partial charge is 0.410 e. The lowest BCUT2D eigenvalue weighted by Gasteiger charge is -2.40. The number of nitriles is 1. The van der Waals surface area contributed by atoms with Gasteiger partial charge in [0.15, 0.2) is 0 Å². The van der Waals surface area contributed by atoms with E-state index in [1.54, 1.807) is 17.2 Å². The summed E-state index contributed by atoms with van der Waals surface area (Å²) in [5.41, 5.74) is 3.29. The van der Waals surface area contributed by atoms with E-state index in [0.717, 1.165) is 41.7 Å². The molecular weight excluding hydrogens is 370 g/mol. The van der Waals surface area contributed by atoms with Gasteiger partial charge in [0.25, 0.3) is 0 Å². The van der Waals surface area contributed by atoms with Gasteiger partial charge >= 0.3 is 6.09 Å². The van der Waals surface area contributed by atoms with Crippen molar-refractivity contribution in [1.82, 2.24) is 19.9 Å². The normalized spacial score (nSPS) is 18.0. The first-order valence-electron chi connectivity index (χ1n) is 9.78. The number of amides is 1. The maximum atomic E-state index is 12.7. The Labute approximate surface area is 168 Å². The summed E-state index contributed by atoms with van der Waals surface area (Å²) in [6.45, 7) is 6.12. The summed E-state index contributed by atoms with van der Waals surface area (Å²) in [6.07, 6.45) is 2.39. The third kappa shape index (κ3) is 3.20. The minimum atomic E-state index is -0.308. The lowest BCUT2D eigenvalue weighted by molar-refractivity contribution is 0.0490. The molecule has 3 aliphatic rings. The minimum Gasteiger partial charge on any atom is -0.442 e. The monoisotopic (exact) mass is 391 g/mol. The Morgan fingerprint density at radius 2 is 2.03 bits per heavy atom. The maximum absolute atomic E-state index is 12.7. The Kier molecular flexibility index (Phi) is 4.19. The lowest BCUT2D eigenvalue weighted by Crippen LogP contribution is -2.54. The molecule has 0 radical (unpaired) electrons. The second-order valence-corrected chi connectivity index (χ2v) is 7.64. The first-order valence-corrected chi connectivity index (χ1v) is 9.78. The molecule has 2 saturated heterocycles. The predicted molar refractivity (Wildman–Crippen MR) is 104 cm³/mol. The van der Waals surface area contributed by atoms with Crippen molar-refractivity contribution in [2.24, 2.45) is 0 Å². The molecule has 9 nitrogen and oxygen atoms in total. The molecule has 148 valence electrons. The van der Waals surface area contributed by atoms with Gasteiger partial charge in [-0.25, -0.2) is 19.7 Å². The fourth-order valence-corrected chi connectivity index (χ4v) is 3.86. The van der Waals surface area contributed by atoms with E-state index in [-0.39, 0.29) is 12.2 Å². The van der Waals surface area contributed by atoms with Gasteiger partial charge in [0, 0.05) is 18.7 Å². The highest BCUT2D eigenvalue weighted by molar-refractivity contribution is 5.70. The van der Waals surface area contributed by atoms with E-state index < -0.39 is 0 Å². The van der Waals surface area contributed by atoms with Crippen molar-refractivity contribution in [3.63, 3.8) is 0 Å². The Morgan fingerprint density at radius 1 is 1.21 bits per heavy atom. The van der Waals surface area contributed by atoms with Crippen molar-refractivity contribution in [2.75, 3.05) is 36.0 Å². The Morgan fingerprint density at radius 3 is 2.69 bits per heavy atom. The van der Waals surface area contributed by atoms with Crippen LogP contribution in [0.3, 0.4) is 0 Å². The summed E-state index contributed by atoms with van der Waals surface area (Å²) in [4.78, 5) is 31.9. The van der Waals surface area contributed by atoms with Gasteiger partial charge in [0.1, 0.15) is 29.5 Å². The van der Waals surface area contributed by atoms with Crippen LogP contribution in [0.15, 0.2) is 18.3 Å². The largest absolute Gasteiger partial charge is 0.442 e. The van der Waals surface area contributed by atoms with Crippen LogP contribution in [0, 0.1) is 18.3 Å². The molecule has 2 fully saturated rings. The number of carbonyl (C=O) groups is 1. The van der Waals surface area contributed by atoms with Gasteiger partial charge in [-0.2, -0.15) is 5.26 Å². The SMILES string of the molecule is Cc1nc2c(c(N3CCC3)n1)CN(C(=O)OC1CN(c3ccc(C#N)nc3)C1)C2. The van der Waals surface area contributed by atoms with Gasteiger partial charge in [-0.3, -0.25) is 4.90 Å². The molecule has 3 aliphatic heterocycles. The third-order valence-electron chi connectivity index (χ3n) is 5.63. The molecule has 2 aromatic rings. The van der Waals surface area contributed by atoms with E-state index in [4.69, 9.17) is 10.00 Å². The zero-order chi connectivity index (χ0) is 20.0. The number of rotatable bonds is 3. The Bertz CT molecular complexity index is 991. The summed E-state index contributed by atoms with van der Waals surface area (Å²) in [6, 6.07) is 5.56. The van der Waals surface area contributed by atoms with Gasteiger partial charge in [0.05, 0.1) is 43.8 Å². The molecular formula is C20H21N7O2. The van der Waals surface area contributed by atoms with Crippen molar-refractivity contribution in [2.45, 2.75) is 32.5 Å². The zero-order valence-corrected chi connectivity index (χ0v) is 16.2. The second kappa shape index (κ2) is 6.88. The van der Waals surface area contributed by atoms with Gasteiger partial charge in [0.2, 0.25) is 0 Å². The molecule has 0 bridgehead atoms. The van der Waals surface area contributed by atoms with Crippen LogP contribution in [0.1, 0.15) is 29.2 Å². The summed E-state index contributed by atoms with van der Waals surface area (Å²) in [5.74, 6) is 1.71. The zero-order valence-electron chi connectivity index (χ0n) is 16.2. The highest BCUT2D eigenvalue weighted by Gasteiger charge is 2.35. The molecule has 1 amide bonds. The van der Waals surface area contributed by atoms with E-state index in [9.17, 15) is 4.79 Å². The van der Waals surface area contributed by atoms with Crippen LogP contribution in [0.25, 0.3) is 0 Å². The number of hydrogen-bond acceptors (Lipinski definition) is 8. The molecule has 9 heteroatoms. The quantitative estimate of drug-likeness (QED) is 0.778. The molecule has 0 spiro atoms. The highest BCUT2D eigenvalue weighted by Crippen LogP contribution is 2.32. The fourth-order valence-electron chi connectivity index (χ4n) is 3.86. The van der Waals surface area contributed by atoms with E-state index in [1.807, 2.05) is 19.1 Å². The number of nitrogens with zero attached hydrogens (tertiary/aromatic N) is 7. The van der Waals surface area contributed by atoms with Crippen LogP contribution < -0.4 is 9.80 Å². The molecule has 5 rings (SSSR count). The van der Waals surface area contributed by atoms with Gasteiger partial charge in [-0.15, -0.1) is 0 Å². The van der Waals surface area contributed by atoms with Crippen molar-refractivity contribution < 1.29 is 9.53 Å². The summed E-state index contributed by atoms with van der Waals surface area (Å²) in [5, 5.41) is 8.83. The van der Waals surface area contributed by atoms with E-state index in [1.165, 1.54) is 6.42 Å². The molecule has 0 N–H and O–H groups in total. The highest BCUT2D eigenvalue weighted by atomic mass is 16.6. The number of aryl methyl sites for hydroxylation is 1. The number of hydrogen-bond donors (Lipinski definition) is 0. The van der Waals surface area contributed by atoms with Gasteiger partial charge in [-0.1, -0.05) is 0 Å². The number of ether oxygens (including phenoxy) is 1. The van der Waals surface area contributed by atoms with Gasteiger partial charge in [-0.05, 0) is 25.5 Å². The average Bonchev–Trinajstić information content (AvgIpc) is 3.07. The maximum Gasteiger partial charge on any atom is 0.410 e. The van der Waals surface area contributed by atoms with Crippen molar-refractivity contribution in [3.8, 4) is 6.07 Å². The summed E-state index contributed by atoms with van der Waals surface area (Å²) >= 11 is 0.